The third kappa shape index (κ3) is 5.45. The zero-order valence-corrected chi connectivity index (χ0v) is 18.9. The fraction of sp³-hybridized carbons (Fsp3) is 0.375. The monoisotopic (exact) mass is 439 g/mol. The molecule has 32 heavy (non-hydrogen) atoms. The number of hydrogen-bond donors (Lipinski definition) is 1. The Balaban J connectivity index is 1.88. The predicted molar refractivity (Wildman–Crippen MR) is 124 cm³/mol. The van der Waals surface area contributed by atoms with Gasteiger partial charge in [-0.1, -0.05) is 11.2 Å². The average Bonchev–Trinajstić information content (AvgIpc) is 3.04. The lowest BCUT2D eigenvalue weighted by atomic mass is 10.1. The van der Waals surface area contributed by atoms with Gasteiger partial charge in [0.1, 0.15) is 6.10 Å². The number of benzene rings is 2. The summed E-state index contributed by atoms with van der Waals surface area (Å²) in [5, 5.41) is 5.91. The molecule has 1 unspecified atom stereocenters. The van der Waals surface area contributed by atoms with Gasteiger partial charge < -0.3 is 24.6 Å². The molecule has 0 aliphatic carbocycles. The zero-order chi connectivity index (χ0) is 23.3. The van der Waals surface area contributed by atoms with E-state index in [1.54, 1.807) is 14.0 Å². The number of nitrogen functional groups attached to an aromatic ring is 1. The van der Waals surface area contributed by atoms with Crippen molar-refractivity contribution in [3.8, 4) is 0 Å². The normalized spacial score (nSPS) is 12.8. The minimum atomic E-state index is -0.468. The first-order valence-corrected chi connectivity index (χ1v) is 10.5. The van der Waals surface area contributed by atoms with E-state index in [9.17, 15) is 9.59 Å². The van der Waals surface area contributed by atoms with Gasteiger partial charge >= 0.3 is 11.9 Å². The molecular weight excluding hydrogens is 410 g/mol. The standard InChI is InChI=1S/C24H29N3O5/c1-15(14-30-4)31-24(29)6-5-11-27-22-9-7-18(16(2)26-32-17(3)28)12-20(22)21-13-19(25)8-10-23(21)27/h7-10,12-13,15H,5-6,11,14,25H2,1-4H3/b26-16+. The molecule has 1 heterocycles. The van der Waals surface area contributed by atoms with Gasteiger partial charge in [0.25, 0.3) is 0 Å². The van der Waals surface area contributed by atoms with E-state index in [0.717, 1.165) is 27.4 Å². The van der Waals surface area contributed by atoms with Gasteiger partial charge in [-0.25, -0.2) is 4.79 Å². The van der Waals surface area contributed by atoms with Crippen LogP contribution in [0.1, 0.15) is 39.2 Å². The highest BCUT2D eigenvalue weighted by atomic mass is 16.7. The van der Waals surface area contributed by atoms with Crippen molar-refractivity contribution in [2.24, 2.45) is 5.16 Å². The van der Waals surface area contributed by atoms with E-state index in [0.29, 0.717) is 37.4 Å². The quantitative estimate of drug-likeness (QED) is 0.177. The second-order valence-corrected chi connectivity index (χ2v) is 7.78. The molecule has 0 aliphatic heterocycles. The molecule has 8 heteroatoms. The highest BCUT2D eigenvalue weighted by Gasteiger charge is 2.14. The number of anilines is 1. The van der Waals surface area contributed by atoms with Crippen LogP contribution in [0.4, 0.5) is 5.69 Å². The van der Waals surface area contributed by atoms with Crippen LogP contribution < -0.4 is 5.73 Å². The minimum absolute atomic E-state index is 0.237. The molecule has 3 rings (SSSR count). The number of aryl methyl sites for hydroxylation is 1. The van der Waals surface area contributed by atoms with Crippen molar-refractivity contribution in [2.45, 2.75) is 46.3 Å². The topological polar surface area (TPSA) is 105 Å². The van der Waals surface area contributed by atoms with E-state index in [1.165, 1.54) is 6.92 Å². The van der Waals surface area contributed by atoms with Crippen molar-refractivity contribution in [3.05, 3.63) is 42.0 Å². The first-order valence-electron chi connectivity index (χ1n) is 10.5. The molecule has 0 fully saturated rings. The number of rotatable bonds is 9. The van der Waals surface area contributed by atoms with Crippen LogP contribution in [-0.2, 0) is 30.4 Å². The summed E-state index contributed by atoms with van der Waals surface area (Å²) in [5.41, 5.74) is 10.2. The largest absolute Gasteiger partial charge is 0.460 e. The van der Waals surface area contributed by atoms with Gasteiger partial charge in [-0.2, -0.15) is 0 Å². The smallest absolute Gasteiger partial charge is 0.331 e. The van der Waals surface area contributed by atoms with Crippen LogP contribution in [0.15, 0.2) is 41.6 Å². The molecule has 2 aromatic carbocycles. The molecule has 0 radical (unpaired) electrons. The average molecular weight is 440 g/mol. The summed E-state index contributed by atoms with van der Waals surface area (Å²) in [6, 6.07) is 11.8. The van der Waals surface area contributed by atoms with Crippen LogP contribution in [0.25, 0.3) is 21.8 Å². The molecule has 0 saturated heterocycles. The lowest BCUT2D eigenvalue weighted by Crippen LogP contribution is -2.19. The number of aromatic nitrogens is 1. The van der Waals surface area contributed by atoms with Gasteiger partial charge in [0.15, 0.2) is 0 Å². The number of carbonyl (C=O) groups is 2. The molecule has 1 aromatic heterocycles. The van der Waals surface area contributed by atoms with E-state index in [2.05, 4.69) is 9.72 Å². The van der Waals surface area contributed by atoms with Crippen molar-refractivity contribution in [1.82, 2.24) is 4.57 Å². The zero-order valence-electron chi connectivity index (χ0n) is 18.9. The molecular formula is C24H29N3O5. The Morgan fingerprint density at radius 1 is 1.09 bits per heavy atom. The van der Waals surface area contributed by atoms with E-state index in [1.807, 2.05) is 43.3 Å². The van der Waals surface area contributed by atoms with Gasteiger partial charge in [-0.3, -0.25) is 4.79 Å². The Bertz CT molecular complexity index is 1170. The Morgan fingerprint density at radius 3 is 2.47 bits per heavy atom. The van der Waals surface area contributed by atoms with Crippen LogP contribution in [0, 0.1) is 0 Å². The third-order valence-corrected chi connectivity index (χ3v) is 5.11. The molecule has 8 nitrogen and oxygen atoms in total. The number of nitrogens with two attached hydrogens (primary N) is 1. The number of hydrogen-bond acceptors (Lipinski definition) is 7. The van der Waals surface area contributed by atoms with Crippen LogP contribution in [0.3, 0.4) is 0 Å². The maximum atomic E-state index is 12.1. The molecule has 0 saturated carbocycles. The third-order valence-electron chi connectivity index (χ3n) is 5.11. The first-order chi connectivity index (χ1) is 15.3. The highest BCUT2D eigenvalue weighted by Crippen LogP contribution is 2.32. The summed E-state index contributed by atoms with van der Waals surface area (Å²) >= 11 is 0. The fourth-order valence-corrected chi connectivity index (χ4v) is 3.71. The summed E-state index contributed by atoms with van der Waals surface area (Å²) < 4.78 is 12.5. The summed E-state index contributed by atoms with van der Waals surface area (Å²) in [4.78, 5) is 27.9. The van der Waals surface area contributed by atoms with Crippen molar-refractivity contribution >= 4 is 45.1 Å². The van der Waals surface area contributed by atoms with E-state index in [4.69, 9.17) is 20.0 Å². The van der Waals surface area contributed by atoms with Crippen LogP contribution in [-0.4, -0.2) is 42.0 Å². The molecule has 170 valence electrons. The minimum Gasteiger partial charge on any atom is -0.460 e. The Kier molecular flexibility index (Phi) is 7.48. The predicted octanol–water partition coefficient (Wildman–Crippen LogP) is 4.02. The molecule has 0 aliphatic rings. The molecule has 0 bridgehead atoms. The van der Waals surface area contributed by atoms with E-state index in [-0.39, 0.29) is 12.1 Å². The van der Waals surface area contributed by atoms with Gasteiger partial charge in [0.05, 0.1) is 12.3 Å². The molecule has 0 amide bonds. The second kappa shape index (κ2) is 10.3. The SMILES string of the molecule is COCC(C)OC(=O)CCCn1c2ccc(N)cc2c2cc(/C(C)=N/OC(C)=O)ccc21. The summed E-state index contributed by atoms with van der Waals surface area (Å²) in [6.45, 7) is 5.93. The van der Waals surface area contributed by atoms with Crippen molar-refractivity contribution in [1.29, 1.82) is 0 Å². The second-order valence-electron chi connectivity index (χ2n) is 7.78. The Hall–Kier alpha value is -3.39. The fourth-order valence-electron chi connectivity index (χ4n) is 3.71. The first kappa shape index (κ1) is 23.3. The number of oxime groups is 1. The summed E-state index contributed by atoms with van der Waals surface area (Å²) in [6.07, 6.45) is 0.687. The maximum absolute atomic E-state index is 12.1. The Morgan fingerprint density at radius 2 is 1.78 bits per heavy atom. The van der Waals surface area contributed by atoms with Crippen LogP contribution in [0.2, 0.25) is 0 Å². The van der Waals surface area contributed by atoms with Crippen molar-refractivity contribution in [3.63, 3.8) is 0 Å². The molecule has 0 spiro atoms. The van der Waals surface area contributed by atoms with Crippen molar-refractivity contribution in [2.75, 3.05) is 19.5 Å². The Labute approximate surface area is 186 Å². The van der Waals surface area contributed by atoms with Crippen LogP contribution in [0.5, 0.6) is 0 Å². The van der Waals surface area contributed by atoms with Gasteiger partial charge in [-0.15, -0.1) is 0 Å². The van der Waals surface area contributed by atoms with Gasteiger partial charge in [0.2, 0.25) is 0 Å². The van der Waals surface area contributed by atoms with Crippen molar-refractivity contribution < 1.29 is 23.9 Å². The number of methoxy groups -OCH3 is 1. The van der Waals surface area contributed by atoms with Gasteiger partial charge in [-0.05, 0) is 56.2 Å². The molecule has 2 N–H and O–H groups in total. The summed E-state index contributed by atoms with van der Waals surface area (Å²) in [5.74, 6) is -0.705. The maximum Gasteiger partial charge on any atom is 0.331 e. The van der Waals surface area contributed by atoms with E-state index >= 15 is 0 Å². The highest BCUT2D eigenvalue weighted by molar-refractivity contribution is 6.12. The summed E-state index contributed by atoms with van der Waals surface area (Å²) in [7, 11) is 1.58. The van der Waals surface area contributed by atoms with Crippen LogP contribution >= 0.6 is 0 Å². The number of carbonyl (C=O) groups excluding carboxylic acids is 2. The number of nitrogens with zero attached hydrogens (tertiary/aromatic N) is 2. The van der Waals surface area contributed by atoms with Gasteiger partial charge in [0, 0.05) is 54.5 Å². The number of esters is 1. The molecule has 3 aromatic rings. The lowest BCUT2D eigenvalue weighted by Gasteiger charge is -2.12. The van der Waals surface area contributed by atoms with E-state index < -0.39 is 5.97 Å². The number of fused-ring (bicyclic) bond motifs is 3. The lowest BCUT2D eigenvalue weighted by molar-refractivity contribution is -0.150. The molecule has 1 atom stereocenters. The number of ether oxygens (including phenoxy) is 2.